The van der Waals surface area contributed by atoms with E-state index in [0.29, 0.717) is 6.04 Å². The van der Waals surface area contributed by atoms with E-state index in [1.807, 2.05) is 29.2 Å². The quantitative estimate of drug-likeness (QED) is 0.916. The number of anilines is 1. The van der Waals surface area contributed by atoms with Crippen LogP contribution in [0.25, 0.3) is 5.69 Å². The standard InChI is InChI=1S/C17H23N7O/c25-17(23-11-3-4-16(23)12-22-9-1-2-10-22)19-14-5-7-15(8-6-14)24-13-18-20-21-24/h5-8,13,16H,1-4,9-12H2,(H,19,25). The smallest absolute Gasteiger partial charge is 0.320 e. The molecule has 1 aromatic carbocycles. The van der Waals surface area contributed by atoms with Gasteiger partial charge in [0.15, 0.2) is 0 Å². The Balaban J connectivity index is 1.37. The molecule has 2 aliphatic rings. The molecule has 1 atom stereocenters. The van der Waals surface area contributed by atoms with Crippen molar-refractivity contribution in [2.24, 2.45) is 0 Å². The summed E-state index contributed by atoms with van der Waals surface area (Å²) in [5.41, 5.74) is 1.64. The number of hydrogen-bond acceptors (Lipinski definition) is 5. The maximum Gasteiger partial charge on any atom is 0.322 e. The fourth-order valence-corrected chi connectivity index (χ4v) is 3.73. The van der Waals surface area contributed by atoms with E-state index in [1.54, 1.807) is 11.0 Å². The summed E-state index contributed by atoms with van der Waals surface area (Å²) < 4.78 is 1.58. The summed E-state index contributed by atoms with van der Waals surface area (Å²) in [6.07, 6.45) is 6.30. The van der Waals surface area contributed by atoms with Gasteiger partial charge in [0.05, 0.1) is 5.69 Å². The van der Waals surface area contributed by atoms with Crippen LogP contribution in [0.1, 0.15) is 25.7 Å². The number of amides is 2. The molecule has 25 heavy (non-hydrogen) atoms. The molecule has 2 saturated heterocycles. The van der Waals surface area contributed by atoms with Gasteiger partial charge in [-0.1, -0.05) is 0 Å². The van der Waals surface area contributed by atoms with E-state index >= 15 is 0 Å². The topological polar surface area (TPSA) is 79.2 Å². The van der Waals surface area contributed by atoms with Crippen LogP contribution in [0.15, 0.2) is 30.6 Å². The van der Waals surface area contributed by atoms with Gasteiger partial charge in [0.25, 0.3) is 0 Å². The van der Waals surface area contributed by atoms with Gasteiger partial charge in [0.1, 0.15) is 6.33 Å². The van der Waals surface area contributed by atoms with Crippen molar-refractivity contribution in [3.63, 3.8) is 0 Å². The summed E-state index contributed by atoms with van der Waals surface area (Å²) in [5.74, 6) is 0. The summed E-state index contributed by atoms with van der Waals surface area (Å²) in [7, 11) is 0. The molecule has 0 saturated carbocycles. The molecule has 0 radical (unpaired) electrons. The fourth-order valence-electron chi connectivity index (χ4n) is 3.73. The molecule has 8 nitrogen and oxygen atoms in total. The number of rotatable bonds is 4. The second-order valence-corrected chi connectivity index (χ2v) is 6.73. The Hall–Kier alpha value is -2.48. The van der Waals surface area contributed by atoms with E-state index in [2.05, 4.69) is 25.7 Å². The lowest BCUT2D eigenvalue weighted by molar-refractivity contribution is 0.186. The normalized spacial score (nSPS) is 21.0. The Labute approximate surface area is 146 Å². The molecule has 1 N–H and O–H groups in total. The van der Waals surface area contributed by atoms with E-state index in [9.17, 15) is 4.79 Å². The first-order valence-corrected chi connectivity index (χ1v) is 8.93. The number of nitrogens with one attached hydrogen (secondary N) is 1. The first kappa shape index (κ1) is 16.0. The highest BCUT2D eigenvalue weighted by Crippen LogP contribution is 2.22. The van der Waals surface area contributed by atoms with E-state index in [1.165, 1.54) is 25.9 Å². The minimum Gasteiger partial charge on any atom is -0.320 e. The average molecular weight is 341 g/mol. The van der Waals surface area contributed by atoms with Crippen molar-refractivity contribution in [3.05, 3.63) is 30.6 Å². The van der Waals surface area contributed by atoms with Gasteiger partial charge in [-0.3, -0.25) is 0 Å². The van der Waals surface area contributed by atoms with Gasteiger partial charge in [-0.15, -0.1) is 5.10 Å². The minimum atomic E-state index is -0.00290. The molecule has 132 valence electrons. The first-order chi connectivity index (χ1) is 12.3. The largest absolute Gasteiger partial charge is 0.322 e. The second kappa shape index (κ2) is 7.18. The van der Waals surface area contributed by atoms with Crippen LogP contribution in [0.5, 0.6) is 0 Å². The summed E-state index contributed by atoms with van der Waals surface area (Å²) >= 11 is 0. The second-order valence-electron chi connectivity index (χ2n) is 6.73. The number of nitrogens with zero attached hydrogens (tertiary/aromatic N) is 6. The first-order valence-electron chi connectivity index (χ1n) is 8.93. The fraction of sp³-hybridized carbons (Fsp3) is 0.529. The van der Waals surface area contributed by atoms with Crippen molar-refractivity contribution in [3.8, 4) is 5.69 Å². The summed E-state index contributed by atoms with van der Waals surface area (Å²) in [6, 6.07) is 7.85. The Kier molecular flexibility index (Phi) is 4.60. The lowest BCUT2D eigenvalue weighted by Crippen LogP contribution is -2.44. The van der Waals surface area contributed by atoms with Crippen molar-refractivity contribution in [2.45, 2.75) is 31.7 Å². The maximum absolute atomic E-state index is 12.7. The van der Waals surface area contributed by atoms with E-state index in [-0.39, 0.29) is 6.03 Å². The number of benzene rings is 1. The monoisotopic (exact) mass is 341 g/mol. The SMILES string of the molecule is O=C(Nc1ccc(-n2cnnn2)cc1)N1CCCC1CN1CCCC1. The van der Waals surface area contributed by atoms with E-state index in [0.717, 1.165) is 37.3 Å². The van der Waals surface area contributed by atoms with Crippen molar-refractivity contribution < 1.29 is 4.79 Å². The van der Waals surface area contributed by atoms with Crippen LogP contribution < -0.4 is 5.32 Å². The average Bonchev–Trinajstić information content (AvgIpc) is 3.39. The third kappa shape index (κ3) is 3.63. The van der Waals surface area contributed by atoms with Crippen molar-refractivity contribution in [2.75, 3.05) is 31.5 Å². The third-order valence-corrected chi connectivity index (χ3v) is 5.04. The molecular weight excluding hydrogens is 318 g/mol. The summed E-state index contributed by atoms with van der Waals surface area (Å²) in [6.45, 7) is 4.19. The van der Waals surface area contributed by atoms with Crippen molar-refractivity contribution >= 4 is 11.7 Å². The zero-order valence-corrected chi connectivity index (χ0v) is 14.2. The Morgan fingerprint density at radius 2 is 1.92 bits per heavy atom. The zero-order valence-electron chi connectivity index (χ0n) is 14.2. The van der Waals surface area contributed by atoms with E-state index in [4.69, 9.17) is 0 Å². The van der Waals surface area contributed by atoms with Crippen molar-refractivity contribution in [1.29, 1.82) is 0 Å². The molecule has 2 aromatic rings. The van der Waals surface area contributed by atoms with Gasteiger partial charge in [0, 0.05) is 24.8 Å². The van der Waals surface area contributed by atoms with Crippen LogP contribution in [0.4, 0.5) is 10.5 Å². The molecule has 2 fully saturated rings. The summed E-state index contributed by atoms with van der Waals surface area (Å²) in [4.78, 5) is 17.1. The van der Waals surface area contributed by atoms with Gasteiger partial charge in [-0.05, 0) is 73.5 Å². The molecule has 2 aliphatic heterocycles. The predicted octanol–water partition coefficient (Wildman–Crippen LogP) is 1.75. The Morgan fingerprint density at radius 3 is 2.64 bits per heavy atom. The molecule has 0 spiro atoms. The van der Waals surface area contributed by atoms with Gasteiger partial charge >= 0.3 is 6.03 Å². The highest BCUT2D eigenvalue weighted by atomic mass is 16.2. The van der Waals surface area contributed by atoms with E-state index < -0.39 is 0 Å². The number of carbonyl (C=O) groups is 1. The highest BCUT2D eigenvalue weighted by Gasteiger charge is 2.30. The maximum atomic E-state index is 12.7. The molecule has 4 rings (SSSR count). The number of urea groups is 1. The van der Waals surface area contributed by atoms with Crippen LogP contribution in [0.2, 0.25) is 0 Å². The number of hydrogen-bond donors (Lipinski definition) is 1. The van der Waals surface area contributed by atoms with Gasteiger partial charge in [0.2, 0.25) is 0 Å². The lowest BCUT2D eigenvalue weighted by Gasteiger charge is -2.28. The van der Waals surface area contributed by atoms with Crippen molar-refractivity contribution in [1.82, 2.24) is 30.0 Å². The van der Waals surface area contributed by atoms with Gasteiger partial charge in [-0.2, -0.15) is 0 Å². The third-order valence-electron chi connectivity index (χ3n) is 5.04. The molecule has 0 aliphatic carbocycles. The molecule has 0 bridgehead atoms. The number of tetrazole rings is 1. The predicted molar refractivity (Wildman–Crippen MR) is 93.6 cm³/mol. The zero-order chi connectivity index (χ0) is 17.1. The molecular formula is C17H23N7O. The molecule has 1 aromatic heterocycles. The molecule has 3 heterocycles. The van der Waals surface area contributed by atoms with Gasteiger partial charge < -0.3 is 15.1 Å². The van der Waals surface area contributed by atoms with Crippen LogP contribution in [0.3, 0.4) is 0 Å². The number of likely N-dealkylation sites (tertiary alicyclic amines) is 2. The Bertz CT molecular complexity index is 694. The highest BCUT2D eigenvalue weighted by molar-refractivity contribution is 5.89. The van der Waals surface area contributed by atoms with Crippen LogP contribution >= 0.6 is 0 Å². The summed E-state index contributed by atoms with van der Waals surface area (Å²) in [5, 5.41) is 14.1. The molecule has 8 heteroatoms. The number of carbonyl (C=O) groups excluding carboxylic acids is 1. The molecule has 2 amide bonds. The Morgan fingerprint density at radius 1 is 1.12 bits per heavy atom. The van der Waals surface area contributed by atoms with Crippen LogP contribution in [-0.4, -0.2) is 68.3 Å². The van der Waals surface area contributed by atoms with Crippen LogP contribution in [0, 0.1) is 0 Å². The number of aromatic nitrogens is 4. The minimum absolute atomic E-state index is 0.00290. The van der Waals surface area contributed by atoms with Gasteiger partial charge in [-0.25, -0.2) is 9.48 Å². The molecule has 1 unspecified atom stereocenters. The lowest BCUT2D eigenvalue weighted by atomic mass is 10.2. The van der Waals surface area contributed by atoms with Crippen LogP contribution in [-0.2, 0) is 0 Å².